The van der Waals surface area contributed by atoms with Gasteiger partial charge in [-0.3, -0.25) is 4.90 Å². The molecule has 3 atom stereocenters. The number of aromatic nitrogens is 2. The van der Waals surface area contributed by atoms with Gasteiger partial charge in [0.25, 0.3) is 0 Å². The summed E-state index contributed by atoms with van der Waals surface area (Å²) in [5.74, 6) is 0.232. The minimum Gasteiger partial charge on any atom is -0.487 e. The van der Waals surface area contributed by atoms with E-state index in [1.165, 1.54) is 10.6 Å². The molecule has 0 saturated carbocycles. The molecule has 1 aliphatic rings. The van der Waals surface area contributed by atoms with Crippen LogP contribution in [0.2, 0.25) is 0 Å². The Bertz CT molecular complexity index is 1030. The van der Waals surface area contributed by atoms with Gasteiger partial charge in [0.2, 0.25) is 10.0 Å². The fourth-order valence-corrected chi connectivity index (χ4v) is 5.68. The lowest BCUT2D eigenvalue weighted by atomic mass is 10.0. The molecule has 0 fully saturated rings. The Kier molecular flexibility index (Phi) is 8.00. The van der Waals surface area contributed by atoms with Crippen LogP contribution < -0.4 is 4.74 Å². The van der Waals surface area contributed by atoms with Crippen molar-refractivity contribution in [1.82, 2.24) is 19.2 Å². The number of allylic oxidation sites excluding steroid dienone is 1. The van der Waals surface area contributed by atoms with Crippen LogP contribution in [-0.2, 0) is 16.6 Å². The molecule has 0 radical (unpaired) electrons. The number of aliphatic hydroxyl groups is 1. The predicted molar refractivity (Wildman–Crippen MR) is 124 cm³/mol. The van der Waals surface area contributed by atoms with Crippen molar-refractivity contribution >= 4 is 16.1 Å². The summed E-state index contributed by atoms with van der Waals surface area (Å²) in [6, 6.07) is 4.59. The maximum Gasteiger partial charge on any atom is 0.247 e. The highest BCUT2D eigenvalue weighted by Gasteiger charge is 2.38. The third-order valence-corrected chi connectivity index (χ3v) is 7.63. The molecular weight excluding hydrogens is 428 g/mol. The Morgan fingerprint density at radius 2 is 2.06 bits per heavy atom. The number of aliphatic hydroxyl groups excluding tert-OH is 1. The van der Waals surface area contributed by atoms with Gasteiger partial charge in [0.05, 0.1) is 6.61 Å². The fraction of sp³-hybridized carbons (Fsp3) is 0.478. The van der Waals surface area contributed by atoms with Crippen LogP contribution in [0.3, 0.4) is 0 Å². The second-order valence-corrected chi connectivity index (χ2v) is 10.2. The van der Waals surface area contributed by atoms with Gasteiger partial charge in [0.15, 0.2) is 0 Å². The number of sulfonamides is 1. The molecule has 1 aromatic heterocycles. The average Bonchev–Trinajstić information content (AvgIpc) is 2.76. The molecule has 0 amide bonds. The zero-order valence-electron chi connectivity index (χ0n) is 19.0. The van der Waals surface area contributed by atoms with Crippen molar-refractivity contribution in [3.05, 3.63) is 54.1 Å². The quantitative estimate of drug-likeness (QED) is 0.678. The average molecular weight is 461 g/mol. The van der Waals surface area contributed by atoms with Crippen LogP contribution in [0.1, 0.15) is 31.9 Å². The standard InChI is InChI=1S/C23H32N4O4S/c1-5-6-19-7-8-23-21(9-19)31-22(14-26(4)13-20-10-24-16-25-11-20)17(2)12-27(18(3)15-28)32(23,29)30/h5-11,16-18,22,28H,12-15H2,1-4H3/b6-5+/t17-,18-,22+/m1/s1. The highest BCUT2D eigenvalue weighted by Crippen LogP contribution is 2.34. The van der Waals surface area contributed by atoms with E-state index in [1.54, 1.807) is 37.5 Å². The Hall–Kier alpha value is -2.33. The number of rotatable bonds is 7. The molecule has 32 heavy (non-hydrogen) atoms. The molecule has 2 aromatic rings. The van der Waals surface area contributed by atoms with E-state index >= 15 is 0 Å². The van der Waals surface area contributed by atoms with Gasteiger partial charge in [0.1, 0.15) is 23.1 Å². The smallest absolute Gasteiger partial charge is 0.247 e. The predicted octanol–water partition coefficient (Wildman–Crippen LogP) is 2.41. The maximum absolute atomic E-state index is 13.5. The molecule has 1 aliphatic heterocycles. The summed E-state index contributed by atoms with van der Waals surface area (Å²) in [6.45, 7) is 6.85. The zero-order valence-corrected chi connectivity index (χ0v) is 19.9. The molecule has 0 spiro atoms. The van der Waals surface area contributed by atoms with Crippen LogP contribution >= 0.6 is 0 Å². The third kappa shape index (κ3) is 5.53. The zero-order chi connectivity index (χ0) is 23.3. The monoisotopic (exact) mass is 460 g/mol. The maximum atomic E-state index is 13.5. The van der Waals surface area contributed by atoms with E-state index in [4.69, 9.17) is 4.74 Å². The van der Waals surface area contributed by atoms with Gasteiger partial charge >= 0.3 is 0 Å². The van der Waals surface area contributed by atoms with Crippen molar-refractivity contribution in [2.24, 2.45) is 5.92 Å². The molecule has 1 aromatic carbocycles. The van der Waals surface area contributed by atoms with Crippen LogP contribution in [0, 0.1) is 5.92 Å². The van der Waals surface area contributed by atoms with Gasteiger partial charge in [-0.05, 0) is 38.6 Å². The normalized spacial score (nSPS) is 22.2. The first-order valence-corrected chi connectivity index (χ1v) is 12.2. The van der Waals surface area contributed by atoms with Crippen LogP contribution in [0.25, 0.3) is 6.08 Å². The van der Waals surface area contributed by atoms with Crippen molar-refractivity contribution in [2.75, 3.05) is 26.7 Å². The second kappa shape index (κ2) is 10.5. The molecule has 8 nitrogen and oxygen atoms in total. The summed E-state index contributed by atoms with van der Waals surface area (Å²) in [5.41, 5.74) is 1.85. The Labute approximate surface area is 190 Å². The molecular formula is C23H32N4O4S. The molecule has 1 N–H and O–H groups in total. The first-order valence-electron chi connectivity index (χ1n) is 10.7. The van der Waals surface area contributed by atoms with Crippen molar-refractivity contribution in [2.45, 2.75) is 44.4 Å². The third-order valence-electron chi connectivity index (χ3n) is 5.61. The summed E-state index contributed by atoms with van der Waals surface area (Å²) in [5, 5.41) is 9.74. The summed E-state index contributed by atoms with van der Waals surface area (Å²) in [7, 11) is -1.83. The van der Waals surface area contributed by atoms with E-state index in [-0.39, 0.29) is 30.1 Å². The van der Waals surface area contributed by atoms with E-state index in [9.17, 15) is 13.5 Å². The SMILES string of the molecule is C/C=C/c1ccc2c(c1)O[C@@H](CN(C)Cc1cncnc1)[C@H](C)CN([C@H](C)CO)S2(=O)=O. The summed E-state index contributed by atoms with van der Waals surface area (Å²) < 4.78 is 34.7. The minimum atomic E-state index is -3.82. The number of hydrogen-bond donors (Lipinski definition) is 1. The molecule has 0 saturated heterocycles. The van der Waals surface area contributed by atoms with E-state index < -0.39 is 16.1 Å². The van der Waals surface area contributed by atoms with Crippen LogP contribution in [0.15, 0.2) is 47.9 Å². The molecule has 0 bridgehead atoms. The fourth-order valence-electron chi connectivity index (χ4n) is 3.85. The van der Waals surface area contributed by atoms with Crippen LogP contribution in [0.5, 0.6) is 5.75 Å². The number of fused-ring (bicyclic) bond motifs is 1. The van der Waals surface area contributed by atoms with E-state index in [1.807, 2.05) is 33.0 Å². The Morgan fingerprint density at radius 1 is 1.34 bits per heavy atom. The van der Waals surface area contributed by atoms with Crippen molar-refractivity contribution in [3.63, 3.8) is 0 Å². The van der Waals surface area contributed by atoms with Gasteiger partial charge in [0, 0.05) is 49.6 Å². The number of nitrogens with zero attached hydrogens (tertiary/aromatic N) is 4. The van der Waals surface area contributed by atoms with E-state index in [2.05, 4.69) is 14.9 Å². The molecule has 9 heteroatoms. The first kappa shape index (κ1) is 24.3. The minimum absolute atomic E-state index is 0.105. The molecule has 0 aliphatic carbocycles. The second-order valence-electron chi connectivity index (χ2n) is 8.39. The number of likely N-dealkylation sites (N-methyl/N-ethyl adjacent to an activating group) is 1. The van der Waals surface area contributed by atoms with Crippen molar-refractivity contribution < 1.29 is 18.3 Å². The summed E-state index contributed by atoms with van der Waals surface area (Å²) in [6.07, 6.45) is 8.61. The van der Waals surface area contributed by atoms with E-state index in [0.29, 0.717) is 18.8 Å². The van der Waals surface area contributed by atoms with Gasteiger partial charge in [-0.25, -0.2) is 18.4 Å². The van der Waals surface area contributed by atoms with Crippen molar-refractivity contribution in [3.8, 4) is 5.75 Å². The molecule has 174 valence electrons. The van der Waals surface area contributed by atoms with Crippen molar-refractivity contribution in [1.29, 1.82) is 0 Å². The van der Waals surface area contributed by atoms with Crippen LogP contribution in [-0.4, -0.2) is 71.6 Å². The van der Waals surface area contributed by atoms with Gasteiger partial charge in [-0.15, -0.1) is 0 Å². The van der Waals surface area contributed by atoms with Gasteiger partial charge < -0.3 is 9.84 Å². The lowest BCUT2D eigenvalue weighted by Crippen LogP contribution is -2.49. The Balaban J connectivity index is 1.97. The topological polar surface area (TPSA) is 95.9 Å². The number of hydrogen-bond acceptors (Lipinski definition) is 7. The Morgan fingerprint density at radius 3 is 2.72 bits per heavy atom. The van der Waals surface area contributed by atoms with E-state index in [0.717, 1.165) is 11.1 Å². The molecule has 2 heterocycles. The number of ether oxygens (including phenoxy) is 1. The summed E-state index contributed by atoms with van der Waals surface area (Å²) >= 11 is 0. The molecule has 0 unspecified atom stereocenters. The van der Waals surface area contributed by atoms with Gasteiger partial charge in [-0.1, -0.05) is 25.1 Å². The van der Waals surface area contributed by atoms with Crippen LogP contribution in [0.4, 0.5) is 0 Å². The highest BCUT2D eigenvalue weighted by atomic mass is 32.2. The largest absolute Gasteiger partial charge is 0.487 e. The lowest BCUT2D eigenvalue weighted by molar-refractivity contribution is 0.0733. The highest BCUT2D eigenvalue weighted by molar-refractivity contribution is 7.89. The summed E-state index contributed by atoms with van der Waals surface area (Å²) in [4.78, 5) is 10.4. The molecule has 3 rings (SSSR count). The van der Waals surface area contributed by atoms with Gasteiger partial charge in [-0.2, -0.15) is 4.31 Å². The first-order chi connectivity index (χ1) is 15.3. The number of benzene rings is 1. The lowest BCUT2D eigenvalue weighted by Gasteiger charge is -2.37.